The highest BCUT2D eigenvalue weighted by Gasteiger charge is 2.36. The lowest BCUT2D eigenvalue weighted by Gasteiger charge is -2.42. The molecule has 0 aromatic carbocycles. The first kappa shape index (κ1) is 25.1. The molecule has 7 heteroatoms. The van der Waals surface area contributed by atoms with Gasteiger partial charge < -0.3 is 24.2 Å². The summed E-state index contributed by atoms with van der Waals surface area (Å²) in [5.74, 6) is -0.681. The molecule has 0 aromatic heterocycles. The van der Waals surface area contributed by atoms with E-state index < -0.39 is 6.10 Å². The number of nitrogens with zero attached hydrogens (tertiary/aromatic N) is 1. The molecule has 2 rings (SSSR count). The highest BCUT2D eigenvalue weighted by Crippen LogP contribution is 2.28. The number of carbonyl (C=O) groups is 2. The van der Waals surface area contributed by atoms with Crippen molar-refractivity contribution in [3.8, 4) is 0 Å². The van der Waals surface area contributed by atoms with Crippen molar-refractivity contribution in [2.45, 2.75) is 121 Å². The van der Waals surface area contributed by atoms with Gasteiger partial charge in [-0.15, -0.1) is 0 Å². The van der Waals surface area contributed by atoms with Gasteiger partial charge in [0.1, 0.15) is 6.10 Å². The Kier molecular flexibility index (Phi) is 10.6. The second kappa shape index (κ2) is 12.6. The minimum Gasteiger partial charge on any atom is -0.460 e. The Morgan fingerprint density at radius 1 is 1.17 bits per heavy atom. The minimum absolute atomic E-state index is 0.0145. The average Bonchev–Trinajstić information content (AvgIpc) is 3.12. The van der Waals surface area contributed by atoms with Crippen molar-refractivity contribution in [3.63, 3.8) is 0 Å². The molecule has 1 N–H and O–H groups in total. The van der Waals surface area contributed by atoms with Gasteiger partial charge in [0.25, 0.3) is 0 Å². The van der Waals surface area contributed by atoms with Crippen LogP contribution in [0.25, 0.3) is 0 Å². The maximum atomic E-state index is 11.6. The Hall–Kier alpha value is -1.18. The summed E-state index contributed by atoms with van der Waals surface area (Å²) < 4.78 is 16.6. The average molecular weight is 428 g/mol. The van der Waals surface area contributed by atoms with E-state index in [-0.39, 0.29) is 29.9 Å². The van der Waals surface area contributed by atoms with Crippen LogP contribution in [0.3, 0.4) is 0 Å². The van der Waals surface area contributed by atoms with E-state index in [1.54, 1.807) is 4.90 Å². The van der Waals surface area contributed by atoms with E-state index in [0.29, 0.717) is 19.6 Å². The molecule has 2 aliphatic heterocycles. The van der Waals surface area contributed by atoms with Gasteiger partial charge in [0.15, 0.2) is 5.79 Å². The fraction of sp³-hybridized carbons (Fsp3) is 0.913. The highest BCUT2D eigenvalue weighted by molar-refractivity contribution is 5.66. The summed E-state index contributed by atoms with van der Waals surface area (Å²) in [6, 6.07) is -0.139. The molecular weight excluding hydrogens is 386 g/mol. The first-order chi connectivity index (χ1) is 14.3. The number of hydrogen-bond donors (Lipinski definition) is 1. The molecule has 2 heterocycles. The van der Waals surface area contributed by atoms with Crippen LogP contribution in [0.1, 0.15) is 91.4 Å². The zero-order chi connectivity index (χ0) is 22.0. The SMILES string of the molecule is CC(=O)O[C@@H]1CC[C@H](C[C@@H](O)CCCCCCCCC2(C)OCCO2)N(C=O)[C@@H]1C. The van der Waals surface area contributed by atoms with Crippen LogP contribution < -0.4 is 0 Å². The molecular formula is C23H41NO6. The fourth-order valence-corrected chi connectivity index (χ4v) is 4.73. The number of piperidine rings is 1. The molecule has 30 heavy (non-hydrogen) atoms. The second-order valence-corrected chi connectivity index (χ2v) is 9.05. The lowest BCUT2D eigenvalue weighted by molar-refractivity contribution is -0.156. The van der Waals surface area contributed by atoms with Gasteiger partial charge in [-0.25, -0.2) is 0 Å². The van der Waals surface area contributed by atoms with Gasteiger partial charge in [0.05, 0.1) is 25.4 Å². The molecule has 0 aliphatic carbocycles. The Morgan fingerprint density at radius 3 is 2.43 bits per heavy atom. The van der Waals surface area contributed by atoms with Crippen molar-refractivity contribution in [1.29, 1.82) is 0 Å². The van der Waals surface area contributed by atoms with Gasteiger partial charge in [-0.1, -0.05) is 32.1 Å². The van der Waals surface area contributed by atoms with Crippen molar-refractivity contribution in [3.05, 3.63) is 0 Å². The van der Waals surface area contributed by atoms with Gasteiger partial charge in [-0.2, -0.15) is 0 Å². The first-order valence-corrected chi connectivity index (χ1v) is 11.7. The molecule has 2 saturated heterocycles. The molecule has 0 radical (unpaired) electrons. The second-order valence-electron chi connectivity index (χ2n) is 9.05. The Balaban J connectivity index is 1.55. The molecule has 1 amide bonds. The number of likely N-dealkylation sites (tertiary alicyclic amines) is 1. The van der Waals surface area contributed by atoms with Crippen molar-refractivity contribution in [2.75, 3.05) is 13.2 Å². The minimum atomic E-state index is -0.397. The summed E-state index contributed by atoms with van der Waals surface area (Å²) in [6.45, 7) is 6.74. The zero-order valence-electron chi connectivity index (χ0n) is 19.0. The molecule has 2 fully saturated rings. The third-order valence-electron chi connectivity index (χ3n) is 6.51. The molecule has 2 aliphatic rings. The van der Waals surface area contributed by atoms with E-state index in [0.717, 1.165) is 51.4 Å². The summed E-state index contributed by atoms with van der Waals surface area (Å²) in [6.07, 6.45) is 10.8. The largest absolute Gasteiger partial charge is 0.460 e. The molecule has 4 atom stereocenters. The van der Waals surface area contributed by atoms with Crippen LogP contribution in [0.15, 0.2) is 0 Å². The fourth-order valence-electron chi connectivity index (χ4n) is 4.73. The first-order valence-electron chi connectivity index (χ1n) is 11.7. The molecule has 0 bridgehead atoms. The van der Waals surface area contributed by atoms with E-state index in [1.165, 1.54) is 26.2 Å². The van der Waals surface area contributed by atoms with Crippen LogP contribution in [0.4, 0.5) is 0 Å². The molecule has 0 spiro atoms. The van der Waals surface area contributed by atoms with Gasteiger partial charge in [-0.3, -0.25) is 9.59 Å². The van der Waals surface area contributed by atoms with Crippen LogP contribution in [-0.2, 0) is 23.8 Å². The summed E-state index contributed by atoms with van der Waals surface area (Å²) in [5.41, 5.74) is 0. The number of unbranched alkanes of at least 4 members (excludes halogenated alkanes) is 5. The van der Waals surface area contributed by atoms with E-state index >= 15 is 0 Å². The van der Waals surface area contributed by atoms with Crippen LogP contribution in [0.5, 0.6) is 0 Å². The summed E-state index contributed by atoms with van der Waals surface area (Å²) in [5, 5.41) is 10.4. The van der Waals surface area contributed by atoms with E-state index in [9.17, 15) is 14.7 Å². The van der Waals surface area contributed by atoms with Crippen molar-refractivity contribution in [2.24, 2.45) is 0 Å². The topological polar surface area (TPSA) is 85.3 Å². The summed E-state index contributed by atoms with van der Waals surface area (Å²) >= 11 is 0. The predicted molar refractivity (Wildman–Crippen MR) is 114 cm³/mol. The van der Waals surface area contributed by atoms with Gasteiger partial charge in [0, 0.05) is 19.4 Å². The number of ether oxygens (including phenoxy) is 3. The summed E-state index contributed by atoms with van der Waals surface area (Å²) in [7, 11) is 0. The Morgan fingerprint density at radius 2 is 1.80 bits per heavy atom. The van der Waals surface area contributed by atoms with Crippen molar-refractivity contribution < 1.29 is 28.9 Å². The van der Waals surface area contributed by atoms with Gasteiger partial charge in [0.2, 0.25) is 6.41 Å². The standard InChI is InChI=1S/C23H41NO6/c1-18-22(30-19(2)26)12-11-20(24(18)17-25)16-21(27)10-8-6-4-5-7-9-13-23(3)28-14-15-29-23/h17-18,20-22,27H,4-16H2,1-3H3/t18-,20-,21+,22-/m1/s1. The normalized spacial score (nSPS) is 27.1. The molecule has 0 aromatic rings. The smallest absolute Gasteiger partial charge is 0.302 e. The maximum Gasteiger partial charge on any atom is 0.302 e. The van der Waals surface area contributed by atoms with Crippen LogP contribution in [0, 0.1) is 0 Å². The van der Waals surface area contributed by atoms with Crippen molar-refractivity contribution in [1.82, 2.24) is 4.90 Å². The van der Waals surface area contributed by atoms with Crippen LogP contribution in [-0.4, -0.2) is 65.7 Å². The number of carbonyl (C=O) groups excluding carboxylic acids is 2. The molecule has 0 unspecified atom stereocenters. The number of esters is 1. The zero-order valence-corrected chi connectivity index (χ0v) is 19.0. The van der Waals surface area contributed by atoms with Crippen LogP contribution >= 0.6 is 0 Å². The van der Waals surface area contributed by atoms with E-state index in [4.69, 9.17) is 14.2 Å². The Labute approximate surface area is 181 Å². The predicted octanol–water partition coefficient (Wildman–Crippen LogP) is 3.56. The molecule has 174 valence electrons. The van der Waals surface area contributed by atoms with E-state index in [2.05, 4.69) is 0 Å². The lowest BCUT2D eigenvalue weighted by atomic mass is 9.90. The van der Waals surface area contributed by atoms with Gasteiger partial charge in [-0.05, 0) is 46.0 Å². The maximum absolute atomic E-state index is 11.6. The number of amides is 1. The highest BCUT2D eigenvalue weighted by atomic mass is 16.7. The molecule has 0 saturated carbocycles. The molecule has 7 nitrogen and oxygen atoms in total. The van der Waals surface area contributed by atoms with E-state index in [1.807, 2.05) is 13.8 Å². The summed E-state index contributed by atoms with van der Waals surface area (Å²) in [4.78, 5) is 24.5. The van der Waals surface area contributed by atoms with Gasteiger partial charge >= 0.3 is 5.97 Å². The quantitative estimate of drug-likeness (QED) is 0.275. The number of hydrogen-bond acceptors (Lipinski definition) is 6. The third kappa shape index (κ3) is 8.16. The van der Waals surface area contributed by atoms with Crippen LogP contribution in [0.2, 0.25) is 0 Å². The number of aliphatic hydroxyl groups is 1. The lowest BCUT2D eigenvalue weighted by Crippen LogP contribution is -2.53. The number of rotatable bonds is 13. The Bertz CT molecular complexity index is 522. The number of aliphatic hydroxyl groups excluding tert-OH is 1. The van der Waals surface area contributed by atoms with Crippen molar-refractivity contribution >= 4 is 12.4 Å². The third-order valence-corrected chi connectivity index (χ3v) is 6.51. The monoisotopic (exact) mass is 427 g/mol.